The average Bonchev–Trinajstić information content (AvgIpc) is 3.23. The molecule has 1 unspecified atom stereocenters. The molecule has 0 aliphatic carbocycles. The topological polar surface area (TPSA) is 56.4 Å². The Morgan fingerprint density at radius 1 is 1.04 bits per heavy atom. The second-order valence-electron chi connectivity index (χ2n) is 6.54. The van der Waals surface area contributed by atoms with E-state index in [0.717, 1.165) is 17.0 Å². The molecule has 0 spiro atoms. The zero-order valence-electron chi connectivity index (χ0n) is 16.3. The molecule has 142 valence electrons. The largest absolute Gasteiger partial charge is 0.493 e. The fraction of sp³-hybridized carbons (Fsp3) is 0.318. The fourth-order valence-electron chi connectivity index (χ4n) is 3.25. The first kappa shape index (κ1) is 19.0. The van der Waals surface area contributed by atoms with Crippen molar-refractivity contribution in [3.05, 3.63) is 76.9 Å². The van der Waals surface area contributed by atoms with Gasteiger partial charge in [0.15, 0.2) is 11.5 Å². The van der Waals surface area contributed by atoms with Gasteiger partial charge in [0, 0.05) is 17.8 Å². The molecule has 1 heterocycles. The summed E-state index contributed by atoms with van der Waals surface area (Å²) in [5, 5.41) is 0. The van der Waals surface area contributed by atoms with Crippen LogP contribution in [-0.2, 0) is 18.0 Å². The quantitative estimate of drug-likeness (QED) is 0.633. The number of ether oxygens (including phenoxy) is 3. The van der Waals surface area contributed by atoms with E-state index < -0.39 is 0 Å². The second kappa shape index (κ2) is 8.73. The summed E-state index contributed by atoms with van der Waals surface area (Å²) in [6.07, 6.45) is 3.60. The minimum absolute atomic E-state index is 0.262. The van der Waals surface area contributed by atoms with Gasteiger partial charge in [-0.1, -0.05) is 31.2 Å². The van der Waals surface area contributed by atoms with Crippen molar-refractivity contribution in [2.75, 3.05) is 14.2 Å². The third-order valence-electron chi connectivity index (χ3n) is 4.91. The molecule has 0 fully saturated rings. The lowest BCUT2D eigenvalue weighted by Gasteiger charge is -2.17. The smallest absolute Gasteiger partial charge is 0.161 e. The first-order valence-corrected chi connectivity index (χ1v) is 8.99. The Kier molecular flexibility index (Phi) is 6.14. The molecule has 2 aromatic carbocycles. The monoisotopic (exact) mass is 366 g/mol. The van der Waals surface area contributed by atoms with Crippen molar-refractivity contribution in [1.82, 2.24) is 9.97 Å². The van der Waals surface area contributed by atoms with Gasteiger partial charge in [0.2, 0.25) is 0 Å². The highest BCUT2D eigenvalue weighted by molar-refractivity contribution is 5.43. The number of nitrogens with zero attached hydrogens (tertiary/aromatic N) is 1. The summed E-state index contributed by atoms with van der Waals surface area (Å²) in [5.41, 5.74) is 5.89. The second-order valence-corrected chi connectivity index (χ2v) is 6.54. The summed E-state index contributed by atoms with van der Waals surface area (Å²) in [7, 11) is 3.27. The molecule has 0 amide bonds. The van der Waals surface area contributed by atoms with Crippen LogP contribution in [-0.4, -0.2) is 24.2 Å². The molecule has 5 nitrogen and oxygen atoms in total. The van der Waals surface area contributed by atoms with Crippen molar-refractivity contribution >= 4 is 0 Å². The molecular weight excluding hydrogens is 340 g/mol. The molecule has 5 heteroatoms. The number of H-pyrrole nitrogens is 1. The highest BCUT2D eigenvalue weighted by atomic mass is 16.5. The van der Waals surface area contributed by atoms with Crippen LogP contribution in [0.25, 0.3) is 0 Å². The Bertz CT molecular complexity index is 875. The standard InChI is InChI=1S/C22H26N2O3/c1-15-18(6-5-7-19(15)16(2)20-11-23-14-24-20)13-27-12-17-8-9-21(25-3)22(10-17)26-4/h5-11,14,16H,12-13H2,1-4H3,(H,23,24). The zero-order valence-corrected chi connectivity index (χ0v) is 16.3. The number of nitrogens with one attached hydrogen (secondary N) is 1. The van der Waals surface area contributed by atoms with Gasteiger partial charge >= 0.3 is 0 Å². The Balaban J connectivity index is 1.67. The molecule has 1 N–H and O–H groups in total. The molecule has 0 saturated heterocycles. The summed E-state index contributed by atoms with van der Waals surface area (Å²) in [4.78, 5) is 7.33. The number of aromatic nitrogens is 2. The van der Waals surface area contributed by atoms with Crippen LogP contribution in [0.4, 0.5) is 0 Å². The van der Waals surface area contributed by atoms with E-state index in [1.165, 1.54) is 16.7 Å². The SMILES string of the molecule is COc1ccc(COCc2cccc(C(C)c3cnc[nH]3)c2C)cc1OC. The molecule has 3 aromatic rings. The van der Waals surface area contributed by atoms with Crippen molar-refractivity contribution < 1.29 is 14.2 Å². The fourth-order valence-corrected chi connectivity index (χ4v) is 3.25. The van der Waals surface area contributed by atoms with Crippen LogP contribution < -0.4 is 9.47 Å². The molecule has 0 aliphatic rings. The van der Waals surface area contributed by atoms with E-state index in [4.69, 9.17) is 14.2 Å². The summed E-state index contributed by atoms with van der Waals surface area (Å²) >= 11 is 0. The van der Waals surface area contributed by atoms with E-state index in [9.17, 15) is 0 Å². The number of imidazole rings is 1. The molecule has 0 aliphatic heterocycles. The number of rotatable bonds is 8. The number of benzene rings is 2. The van der Waals surface area contributed by atoms with Crippen molar-refractivity contribution in [3.63, 3.8) is 0 Å². The number of hydrogen-bond acceptors (Lipinski definition) is 4. The summed E-state index contributed by atoms with van der Waals surface area (Å²) in [5.74, 6) is 1.70. The zero-order chi connectivity index (χ0) is 19.2. The van der Waals surface area contributed by atoms with E-state index in [1.807, 2.05) is 24.4 Å². The van der Waals surface area contributed by atoms with E-state index >= 15 is 0 Å². The maximum atomic E-state index is 5.97. The minimum Gasteiger partial charge on any atom is -0.493 e. The average molecular weight is 366 g/mol. The van der Waals surface area contributed by atoms with Gasteiger partial charge in [0.1, 0.15) is 0 Å². The van der Waals surface area contributed by atoms with Crippen molar-refractivity contribution in [2.45, 2.75) is 33.0 Å². The Morgan fingerprint density at radius 3 is 2.56 bits per heavy atom. The van der Waals surface area contributed by atoms with E-state index in [2.05, 4.69) is 42.0 Å². The summed E-state index contributed by atoms with van der Waals surface area (Å²) in [6, 6.07) is 12.2. The molecule has 1 atom stereocenters. The van der Waals surface area contributed by atoms with Crippen molar-refractivity contribution in [2.24, 2.45) is 0 Å². The summed E-state index contributed by atoms with van der Waals surface area (Å²) < 4.78 is 16.6. The normalized spacial score (nSPS) is 12.0. The van der Waals surface area contributed by atoms with Gasteiger partial charge in [-0.25, -0.2) is 4.98 Å². The lowest BCUT2D eigenvalue weighted by molar-refractivity contribution is 0.106. The van der Waals surface area contributed by atoms with Crippen LogP contribution in [0, 0.1) is 6.92 Å². The number of aromatic amines is 1. The molecular formula is C22H26N2O3. The van der Waals surface area contributed by atoms with Gasteiger partial charge < -0.3 is 19.2 Å². The Morgan fingerprint density at radius 2 is 1.85 bits per heavy atom. The van der Waals surface area contributed by atoms with Gasteiger partial charge in [-0.05, 0) is 41.3 Å². The lowest BCUT2D eigenvalue weighted by Crippen LogP contribution is -2.03. The Labute approximate surface area is 160 Å². The molecule has 1 aromatic heterocycles. The lowest BCUT2D eigenvalue weighted by atomic mass is 9.91. The van der Waals surface area contributed by atoms with Crippen LogP contribution in [0.2, 0.25) is 0 Å². The van der Waals surface area contributed by atoms with Crippen LogP contribution >= 0.6 is 0 Å². The molecule has 0 bridgehead atoms. The van der Waals surface area contributed by atoms with E-state index in [0.29, 0.717) is 19.0 Å². The van der Waals surface area contributed by atoms with E-state index in [-0.39, 0.29) is 5.92 Å². The summed E-state index contributed by atoms with van der Waals surface area (Å²) in [6.45, 7) is 5.41. The first-order valence-electron chi connectivity index (χ1n) is 8.99. The maximum absolute atomic E-state index is 5.97. The number of hydrogen-bond donors (Lipinski definition) is 1. The van der Waals surface area contributed by atoms with Gasteiger partial charge in [0.25, 0.3) is 0 Å². The Hall–Kier alpha value is -2.79. The van der Waals surface area contributed by atoms with Crippen molar-refractivity contribution in [1.29, 1.82) is 0 Å². The highest BCUT2D eigenvalue weighted by Crippen LogP contribution is 2.29. The molecule has 27 heavy (non-hydrogen) atoms. The third kappa shape index (κ3) is 4.31. The number of methoxy groups -OCH3 is 2. The van der Waals surface area contributed by atoms with Gasteiger partial charge in [-0.15, -0.1) is 0 Å². The predicted molar refractivity (Wildman–Crippen MR) is 105 cm³/mol. The van der Waals surface area contributed by atoms with Crippen molar-refractivity contribution in [3.8, 4) is 11.5 Å². The van der Waals surface area contributed by atoms with Crippen LogP contribution in [0.5, 0.6) is 11.5 Å². The van der Waals surface area contributed by atoms with Crippen LogP contribution in [0.3, 0.4) is 0 Å². The highest BCUT2D eigenvalue weighted by Gasteiger charge is 2.14. The predicted octanol–water partition coefficient (Wildman–Crippen LogP) is 4.60. The minimum atomic E-state index is 0.262. The van der Waals surface area contributed by atoms with Crippen LogP contribution in [0.1, 0.15) is 40.8 Å². The third-order valence-corrected chi connectivity index (χ3v) is 4.91. The van der Waals surface area contributed by atoms with Gasteiger partial charge in [-0.2, -0.15) is 0 Å². The maximum Gasteiger partial charge on any atom is 0.161 e. The molecule has 0 saturated carbocycles. The van der Waals surface area contributed by atoms with E-state index in [1.54, 1.807) is 20.5 Å². The molecule has 3 rings (SSSR count). The van der Waals surface area contributed by atoms with Gasteiger partial charge in [-0.3, -0.25) is 0 Å². The molecule has 0 radical (unpaired) electrons. The van der Waals surface area contributed by atoms with Crippen LogP contribution in [0.15, 0.2) is 48.9 Å². The first-order chi connectivity index (χ1) is 13.1. The van der Waals surface area contributed by atoms with Gasteiger partial charge in [0.05, 0.1) is 33.8 Å².